The highest BCUT2D eigenvalue weighted by atomic mass is 16.5. The molecule has 1 amide bonds. The molecule has 0 bridgehead atoms. The van der Waals surface area contributed by atoms with Crippen molar-refractivity contribution in [2.24, 2.45) is 23.0 Å². The van der Waals surface area contributed by atoms with Crippen molar-refractivity contribution in [3.63, 3.8) is 0 Å². The maximum Gasteiger partial charge on any atom is 0.224 e. The Kier molecular flexibility index (Phi) is 5.40. The van der Waals surface area contributed by atoms with E-state index in [0.717, 1.165) is 32.6 Å². The molecular formula is C13H26N2O2. The second kappa shape index (κ2) is 6.36. The minimum atomic E-state index is -0.0968. The Labute approximate surface area is 104 Å². The van der Waals surface area contributed by atoms with Crippen molar-refractivity contribution in [3.05, 3.63) is 0 Å². The Bertz CT molecular complexity index is 248. The number of nitrogens with two attached hydrogens (primary N) is 1. The molecule has 0 aromatic carbocycles. The fraction of sp³-hybridized carbons (Fsp3) is 0.923. The van der Waals surface area contributed by atoms with Crippen LogP contribution < -0.4 is 11.1 Å². The molecule has 1 unspecified atom stereocenters. The van der Waals surface area contributed by atoms with Gasteiger partial charge in [0.2, 0.25) is 5.91 Å². The normalized spacial score (nSPS) is 20.0. The third kappa shape index (κ3) is 4.28. The highest BCUT2D eigenvalue weighted by molar-refractivity contribution is 5.78. The first-order chi connectivity index (χ1) is 7.97. The minimum Gasteiger partial charge on any atom is -0.381 e. The van der Waals surface area contributed by atoms with Gasteiger partial charge in [-0.15, -0.1) is 0 Å². The highest BCUT2D eigenvalue weighted by Crippen LogP contribution is 2.33. The van der Waals surface area contributed by atoms with Crippen LogP contribution in [0.4, 0.5) is 0 Å². The third-order valence-electron chi connectivity index (χ3n) is 3.85. The molecule has 0 radical (unpaired) electrons. The Morgan fingerprint density at radius 2 is 2.06 bits per heavy atom. The van der Waals surface area contributed by atoms with Crippen LogP contribution in [0.5, 0.6) is 0 Å². The van der Waals surface area contributed by atoms with Gasteiger partial charge in [-0.25, -0.2) is 0 Å². The molecule has 1 aliphatic rings. The van der Waals surface area contributed by atoms with Crippen LogP contribution in [0.2, 0.25) is 0 Å². The lowest BCUT2D eigenvalue weighted by molar-refractivity contribution is -0.124. The molecule has 0 aromatic rings. The first kappa shape index (κ1) is 14.5. The Balaban J connectivity index is 2.40. The third-order valence-corrected chi connectivity index (χ3v) is 3.85. The number of carbonyl (C=O) groups is 1. The predicted molar refractivity (Wildman–Crippen MR) is 68.6 cm³/mol. The fourth-order valence-electron chi connectivity index (χ4n) is 2.22. The van der Waals surface area contributed by atoms with Crippen LogP contribution >= 0.6 is 0 Å². The zero-order valence-electron chi connectivity index (χ0n) is 11.3. The molecule has 4 nitrogen and oxygen atoms in total. The van der Waals surface area contributed by atoms with E-state index in [2.05, 4.69) is 19.2 Å². The summed E-state index contributed by atoms with van der Waals surface area (Å²) in [5, 5.41) is 3.01. The molecule has 1 heterocycles. The lowest BCUT2D eigenvalue weighted by Gasteiger charge is -2.37. The first-order valence-electron chi connectivity index (χ1n) is 6.53. The molecule has 4 heteroatoms. The number of rotatable bonds is 5. The van der Waals surface area contributed by atoms with Crippen LogP contribution in [-0.4, -0.2) is 32.2 Å². The lowest BCUT2D eigenvalue weighted by atomic mass is 9.74. The molecule has 1 aliphatic heterocycles. The maximum atomic E-state index is 11.7. The monoisotopic (exact) mass is 242 g/mol. The molecule has 1 rings (SSSR count). The van der Waals surface area contributed by atoms with Crippen molar-refractivity contribution in [1.29, 1.82) is 0 Å². The Morgan fingerprint density at radius 3 is 2.59 bits per heavy atom. The predicted octanol–water partition coefficient (Wildman–Crippen LogP) is 1.15. The van der Waals surface area contributed by atoms with Crippen molar-refractivity contribution >= 4 is 5.91 Å². The second-order valence-corrected chi connectivity index (χ2v) is 5.73. The van der Waals surface area contributed by atoms with Gasteiger partial charge in [0.1, 0.15) is 0 Å². The molecule has 0 aliphatic carbocycles. The summed E-state index contributed by atoms with van der Waals surface area (Å²) >= 11 is 0. The molecule has 100 valence electrons. The smallest absolute Gasteiger partial charge is 0.224 e. The average Bonchev–Trinajstić information content (AvgIpc) is 2.36. The zero-order valence-corrected chi connectivity index (χ0v) is 11.3. The molecule has 1 atom stereocenters. The average molecular weight is 242 g/mol. The van der Waals surface area contributed by atoms with Crippen molar-refractivity contribution in [2.75, 3.05) is 26.3 Å². The van der Waals surface area contributed by atoms with E-state index < -0.39 is 0 Å². The van der Waals surface area contributed by atoms with Crippen LogP contribution in [0.15, 0.2) is 0 Å². The van der Waals surface area contributed by atoms with E-state index in [1.54, 1.807) is 0 Å². The number of amides is 1. The summed E-state index contributed by atoms with van der Waals surface area (Å²) in [5.41, 5.74) is 5.61. The topological polar surface area (TPSA) is 64.4 Å². The summed E-state index contributed by atoms with van der Waals surface area (Å²) < 4.78 is 5.37. The van der Waals surface area contributed by atoms with Crippen molar-refractivity contribution < 1.29 is 9.53 Å². The van der Waals surface area contributed by atoms with E-state index in [0.29, 0.717) is 12.5 Å². The number of carbonyl (C=O) groups excluding carboxylic acids is 1. The Morgan fingerprint density at radius 1 is 1.47 bits per heavy atom. The van der Waals surface area contributed by atoms with Crippen LogP contribution in [0, 0.1) is 17.3 Å². The standard InChI is InChI=1S/C13H26N2O2/c1-10(8-14)12(16)15-9-13(2,3)11-4-6-17-7-5-11/h10-11H,4-9,14H2,1-3H3,(H,15,16). The molecule has 0 aromatic heterocycles. The molecule has 1 fully saturated rings. The van der Waals surface area contributed by atoms with Crippen LogP contribution in [0.3, 0.4) is 0 Å². The molecule has 17 heavy (non-hydrogen) atoms. The molecule has 0 spiro atoms. The maximum absolute atomic E-state index is 11.7. The minimum absolute atomic E-state index is 0.0626. The van der Waals surface area contributed by atoms with Crippen molar-refractivity contribution in [1.82, 2.24) is 5.32 Å². The summed E-state index contributed by atoms with van der Waals surface area (Å²) in [5.74, 6) is 0.595. The molecule has 3 N–H and O–H groups in total. The van der Waals surface area contributed by atoms with Gasteiger partial charge in [-0.2, -0.15) is 0 Å². The van der Waals surface area contributed by atoms with Crippen LogP contribution in [0.1, 0.15) is 33.6 Å². The van der Waals surface area contributed by atoms with Gasteiger partial charge in [0.05, 0.1) is 0 Å². The quantitative estimate of drug-likeness (QED) is 0.760. The van der Waals surface area contributed by atoms with Crippen LogP contribution in [-0.2, 0) is 9.53 Å². The van der Waals surface area contributed by atoms with Gasteiger partial charge in [-0.1, -0.05) is 20.8 Å². The van der Waals surface area contributed by atoms with E-state index in [9.17, 15) is 4.79 Å². The van der Waals surface area contributed by atoms with Gasteiger partial charge >= 0.3 is 0 Å². The number of hydrogen-bond acceptors (Lipinski definition) is 3. The number of ether oxygens (including phenoxy) is 1. The molecule has 1 saturated heterocycles. The van der Waals surface area contributed by atoms with Crippen molar-refractivity contribution in [2.45, 2.75) is 33.6 Å². The van der Waals surface area contributed by atoms with Gasteiger partial charge in [0.15, 0.2) is 0 Å². The fourth-order valence-corrected chi connectivity index (χ4v) is 2.22. The van der Waals surface area contributed by atoms with Gasteiger partial charge in [-0.05, 0) is 24.2 Å². The van der Waals surface area contributed by atoms with E-state index in [1.807, 2.05) is 6.92 Å². The van der Waals surface area contributed by atoms with E-state index in [1.165, 1.54) is 0 Å². The van der Waals surface area contributed by atoms with Gasteiger partial charge in [0.25, 0.3) is 0 Å². The highest BCUT2D eigenvalue weighted by Gasteiger charge is 2.31. The largest absolute Gasteiger partial charge is 0.381 e. The van der Waals surface area contributed by atoms with E-state index in [4.69, 9.17) is 10.5 Å². The zero-order chi connectivity index (χ0) is 12.9. The van der Waals surface area contributed by atoms with Gasteiger partial charge in [-0.3, -0.25) is 4.79 Å². The lowest BCUT2D eigenvalue weighted by Crippen LogP contribution is -2.43. The number of nitrogens with one attached hydrogen (secondary N) is 1. The first-order valence-corrected chi connectivity index (χ1v) is 6.53. The van der Waals surface area contributed by atoms with E-state index in [-0.39, 0.29) is 17.2 Å². The molecular weight excluding hydrogens is 216 g/mol. The molecule has 0 saturated carbocycles. The summed E-state index contributed by atoms with van der Waals surface area (Å²) in [4.78, 5) is 11.7. The van der Waals surface area contributed by atoms with Gasteiger partial charge < -0.3 is 15.8 Å². The summed E-state index contributed by atoms with van der Waals surface area (Å²) in [7, 11) is 0. The van der Waals surface area contributed by atoms with Crippen LogP contribution in [0.25, 0.3) is 0 Å². The second-order valence-electron chi connectivity index (χ2n) is 5.73. The summed E-state index contributed by atoms with van der Waals surface area (Å²) in [6.07, 6.45) is 2.19. The SMILES string of the molecule is CC(CN)C(=O)NCC(C)(C)C1CCOCC1. The summed E-state index contributed by atoms with van der Waals surface area (Å²) in [6, 6.07) is 0. The van der Waals surface area contributed by atoms with Gasteiger partial charge in [0, 0.05) is 32.2 Å². The van der Waals surface area contributed by atoms with E-state index >= 15 is 0 Å². The Hall–Kier alpha value is -0.610. The van der Waals surface area contributed by atoms with Crippen molar-refractivity contribution in [3.8, 4) is 0 Å². The number of hydrogen-bond donors (Lipinski definition) is 2. The summed E-state index contributed by atoms with van der Waals surface area (Å²) in [6.45, 7) is 9.12.